The van der Waals surface area contributed by atoms with Crippen molar-refractivity contribution in [3.05, 3.63) is 23.8 Å². The lowest BCUT2D eigenvalue weighted by molar-refractivity contribution is -0.120. The van der Waals surface area contributed by atoms with Gasteiger partial charge >= 0.3 is 0 Å². The van der Waals surface area contributed by atoms with Gasteiger partial charge < -0.3 is 25.4 Å². The van der Waals surface area contributed by atoms with E-state index in [9.17, 15) is 4.79 Å². The molecule has 158 valence electrons. The standard InChI is InChI=1S/C21H36N4O3/c1-6-13-23-20(26)12-14-24-21(22-7-2)25-16(5)17-10-11-18(27-8-3)19(15-17)28-9-4/h10-11,15-16H,6-9,12-14H2,1-5H3,(H,23,26)(H2,22,24,25). The highest BCUT2D eigenvalue weighted by Crippen LogP contribution is 2.30. The molecule has 7 nitrogen and oxygen atoms in total. The quantitative estimate of drug-likeness (QED) is 0.376. The van der Waals surface area contributed by atoms with Crippen LogP contribution in [0.25, 0.3) is 0 Å². The Labute approximate surface area is 169 Å². The molecule has 0 saturated carbocycles. The first kappa shape index (κ1) is 23.6. The second kappa shape index (κ2) is 13.7. The lowest BCUT2D eigenvalue weighted by atomic mass is 10.1. The van der Waals surface area contributed by atoms with E-state index in [1.54, 1.807) is 0 Å². The van der Waals surface area contributed by atoms with E-state index >= 15 is 0 Å². The Balaban J connectivity index is 2.76. The number of hydrogen-bond acceptors (Lipinski definition) is 4. The first-order valence-electron chi connectivity index (χ1n) is 10.3. The molecular formula is C21H36N4O3. The van der Waals surface area contributed by atoms with Crippen LogP contribution in [0.15, 0.2) is 23.2 Å². The van der Waals surface area contributed by atoms with Crippen LogP contribution >= 0.6 is 0 Å². The van der Waals surface area contributed by atoms with Gasteiger partial charge in [-0.05, 0) is 51.8 Å². The third kappa shape index (κ3) is 8.50. The van der Waals surface area contributed by atoms with E-state index in [0.717, 1.165) is 30.0 Å². The van der Waals surface area contributed by atoms with Gasteiger partial charge in [0.1, 0.15) is 0 Å². The van der Waals surface area contributed by atoms with E-state index in [4.69, 9.17) is 9.47 Å². The van der Waals surface area contributed by atoms with Gasteiger partial charge in [0.05, 0.1) is 25.8 Å². The second-order valence-corrected chi connectivity index (χ2v) is 6.30. The number of hydrogen-bond donors (Lipinski definition) is 3. The van der Waals surface area contributed by atoms with E-state index in [1.807, 2.05) is 45.9 Å². The van der Waals surface area contributed by atoms with Crippen molar-refractivity contribution in [1.82, 2.24) is 16.0 Å². The van der Waals surface area contributed by atoms with Crippen molar-refractivity contribution in [3.8, 4) is 11.5 Å². The zero-order valence-corrected chi connectivity index (χ0v) is 17.9. The fourth-order valence-corrected chi connectivity index (χ4v) is 2.57. The van der Waals surface area contributed by atoms with Gasteiger partial charge in [0, 0.05) is 19.5 Å². The number of benzene rings is 1. The zero-order chi connectivity index (χ0) is 20.8. The fraction of sp³-hybridized carbons (Fsp3) is 0.619. The number of ether oxygens (including phenoxy) is 2. The highest BCUT2D eigenvalue weighted by molar-refractivity contribution is 5.81. The van der Waals surface area contributed by atoms with Crippen molar-refractivity contribution in [2.24, 2.45) is 4.99 Å². The molecule has 0 aliphatic rings. The molecule has 0 aliphatic carbocycles. The molecule has 1 aromatic rings. The number of amides is 1. The Morgan fingerprint density at radius 2 is 1.79 bits per heavy atom. The third-order valence-electron chi connectivity index (χ3n) is 3.95. The average Bonchev–Trinajstić information content (AvgIpc) is 2.68. The summed E-state index contributed by atoms with van der Waals surface area (Å²) in [4.78, 5) is 16.2. The normalized spacial score (nSPS) is 12.2. The monoisotopic (exact) mass is 392 g/mol. The van der Waals surface area contributed by atoms with Crippen molar-refractivity contribution >= 4 is 11.9 Å². The fourth-order valence-electron chi connectivity index (χ4n) is 2.57. The number of nitrogens with zero attached hydrogens (tertiary/aromatic N) is 1. The Morgan fingerprint density at radius 3 is 2.43 bits per heavy atom. The zero-order valence-electron chi connectivity index (χ0n) is 17.9. The number of nitrogens with one attached hydrogen (secondary N) is 3. The van der Waals surface area contributed by atoms with E-state index < -0.39 is 0 Å². The van der Waals surface area contributed by atoms with Gasteiger partial charge in [-0.3, -0.25) is 9.79 Å². The molecule has 1 rings (SSSR count). The van der Waals surface area contributed by atoms with Crippen LogP contribution in [0, 0.1) is 0 Å². The Bertz CT molecular complexity index is 620. The molecule has 0 saturated heterocycles. The molecule has 7 heteroatoms. The van der Waals surface area contributed by atoms with Crippen molar-refractivity contribution in [2.45, 2.75) is 53.5 Å². The topological polar surface area (TPSA) is 84.0 Å². The minimum absolute atomic E-state index is 0.0154. The van der Waals surface area contributed by atoms with E-state index in [1.165, 1.54) is 0 Å². The minimum atomic E-state index is 0.0154. The number of aliphatic imine (C=N–C) groups is 1. The van der Waals surface area contributed by atoms with Crippen LogP contribution in [-0.2, 0) is 4.79 Å². The summed E-state index contributed by atoms with van der Waals surface area (Å²) >= 11 is 0. The number of carbonyl (C=O) groups is 1. The lowest BCUT2D eigenvalue weighted by Gasteiger charge is -2.20. The molecule has 0 aromatic heterocycles. The first-order chi connectivity index (χ1) is 13.5. The second-order valence-electron chi connectivity index (χ2n) is 6.30. The highest BCUT2D eigenvalue weighted by Gasteiger charge is 2.12. The van der Waals surface area contributed by atoms with Crippen LogP contribution in [0.4, 0.5) is 0 Å². The summed E-state index contributed by atoms with van der Waals surface area (Å²) in [6, 6.07) is 5.96. The van der Waals surface area contributed by atoms with Crippen LogP contribution in [-0.4, -0.2) is 44.7 Å². The largest absolute Gasteiger partial charge is 0.490 e. The van der Waals surface area contributed by atoms with Gasteiger partial charge in [-0.2, -0.15) is 0 Å². The number of carbonyl (C=O) groups excluding carboxylic acids is 1. The third-order valence-corrected chi connectivity index (χ3v) is 3.95. The molecule has 1 amide bonds. The maximum atomic E-state index is 11.7. The van der Waals surface area contributed by atoms with Crippen LogP contribution < -0.4 is 25.4 Å². The summed E-state index contributed by atoms with van der Waals surface area (Å²) in [5, 5.41) is 9.47. The van der Waals surface area contributed by atoms with Gasteiger partial charge in [0.2, 0.25) is 5.91 Å². The van der Waals surface area contributed by atoms with Gasteiger partial charge in [-0.25, -0.2) is 0 Å². The molecule has 1 atom stereocenters. The lowest BCUT2D eigenvalue weighted by Crippen LogP contribution is -2.39. The Kier molecular flexibility index (Phi) is 11.5. The first-order valence-corrected chi connectivity index (χ1v) is 10.3. The molecule has 0 fully saturated rings. The molecule has 0 spiro atoms. The van der Waals surface area contributed by atoms with Crippen LogP contribution in [0.5, 0.6) is 11.5 Å². The van der Waals surface area contributed by atoms with E-state index in [2.05, 4.69) is 27.9 Å². The van der Waals surface area contributed by atoms with E-state index in [0.29, 0.717) is 38.7 Å². The minimum Gasteiger partial charge on any atom is -0.490 e. The molecule has 0 heterocycles. The smallest absolute Gasteiger partial charge is 0.221 e. The van der Waals surface area contributed by atoms with Crippen molar-refractivity contribution < 1.29 is 14.3 Å². The molecule has 3 N–H and O–H groups in total. The SMILES string of the molecule is CCCNC(=O)CCN=C(NCC)NC(C)c1ccc(OCC)c(OCC)c1. The van der Waals surface area contributed by atoms with Crippen molar-refractivity contribution in [3.63, 3.8) is 0 Å². The summed E-state index contributed by atoms with van der Waals surface area (Å²) in [6.07, 6.45) is 1.31. The van der Waals surface area contributed by atoms with Crippen LogP contribution in [0.3, 0.4) is 0 Å². The van der Waals surface area contributed by atoms with Gasteiger partial charge in [-0.1, -0.05) is 13.0 Å². The predicted molar refractivity (Wildman–Crippen MR) is 114 cm³/mol. The summed E-state index contributed by atoms with van der Waals surface area (Å²) in [6.45, 7) is 13.1. The number of rotatable bonds is 12. The molecule has 0 radical (unpaired) electrons. The summed E-state index contributed by atoms with van der Waals surface area (Å²) in [5.74, 6) is 2.21. The van der Waals surface area contributed by atoms with Crippen molar-refractivity contribution in [1.29, 1.82) is 0 Å². The highest BCUT2D eigenvalue weighted by atomic mass is 16.5. The summed E-state index contributed by atoms with van der Waals surface area (Å²) in [7, 11) is 0. The summed E-state index contributed by atoms with van der Waals surface area (Å²) in [5.41, 5.74) is 1.07. The van der Waals surface area contributed by atoms with Gasteiger partial charge in [0.15, 0.2) is 17.5 Å². The van der Waals surface area contributed by atoms with Crippen LogP contribution in [0.1, 0.15) is 59.1 Å². The Morgan fingerprint density at radius 1 is 1.07 bits per heavy atom. The van der Waals surface area contributed by atoms with Crippen LogP contribution in [0.2, 0.25) is 0 Å². The molecule has 0 aliphatic heterocycles. The molecule has 28 heavy (non-hydrogen) atoms. The molecule has 0 bridgehead atoms. The van der Waals surface area contributed by atoms with Gasteiger partial charge in [0.25, 0.3) is 0 Å². The summed E-state index contributed by atoms with van der Waals surface area (Å²) < 4.78 is 11.3. The van der Waals surface area contributed by atoms with E-state index in [-0.39, 0.29) is 11.9 Å². The average molecular weight is 393 g/mol. The molecule has 1 unspecified atom stereocenters. The van der Waals surface area contributed by atoms with Crippen molar-refractivity contribution in [2.75, 3.05) is 32.8 Å². The van der Waals surface area contributed by atoms with Gasteiger partial charge in [-0.15, -0.1) is 0 Å². The maximum absolute atomic E-state index is 11.7. The predicted octanol–water partition coefficient (Wildman–Crippen LogP) is 3.02. The molecular weight excluding hydrogens is 356 g/mol. The maximum Gasteiger partial charge on any atom is 0.221 e. The number of guanidine groups is 1. The Hall–Kier alpha value is -2.44. The molecule has 1 aromatic carbocycles.